The van der Waals surface area contributed by atoms with Crippen molar-refractivity contribution in [2.24, 2.45) is 0 Å². The first-order valence-corrected chi connectivity index (χ1v) is 5.30. The molecule has 0 spiro atoms. The van der Waals surface area contributed by atoms with Crippen molar-refractivity contribution >= 4 is 11.4 Å². The topological polar surface area (TPSA) is 17.1 Å². The summed E-state index contributed by atoms with van der Waals surface area (Å²) in [5.74, 6) is 0.0254. The van der Waals surface area contributed by atoms with Crippen LogP contribution in [0.4, 0.5) is 13.2 Å². The Labute approximate surface area is 96.9 Å². The molecule has 17 heavy (non-hydrogen) atoms. The normalized spacial score (nSPS) is 16.8. The SMILES string of the molecule is CC1=C(c2cccc(C(F)(F)F)c2)CCC1=O. The molecule has 1 aromatic carbocycles. The van der Waals surface area contributed by atoms with Gasteiger partial charge >= 0.3 is 6.18 Å². The third kappa shape index (κ3) is 2.25. The Hall–Kier alpha value is -1.58. The van der Waals surface area contributed by atoms with Crippen LogP contribution in [0.25, 0.3) is 5.57 Å². The third-order valence-electron chi connectivity index (χ3n) is 3.01. The lowest BCUT2D eigenvalue weighted by atomic mass is 10.0. The van der Waals surface area contributed by atoms with Crippen molar-refractivity contribution in [3.63, 3.8) is 0 Å². The fourth-order valence-corrected chi connectivity index (χ4v) is 2.03. The summed E-state index contributed by atoms with van der Waals surface area (Å²) in [6.45, 7) is 1.67. The van der Waals surface area contributed by atoms with E-state index < -0.39 is 11.7 Å². The molecule has 0 atom stereocenters. The van der Waals surface area contributed by atoms with Crippen LogP contribution in [-0.4, -0.2) is 5.78 Å². The van der Waals surface area contributed by atoms with Gasteiger partial charge in [-0.1, -0.05) is 12.1 Å². The predicted molar refractivity (Wildman–Crippen MR) is 58.3 cm³/mol. The lowest BCUT2D eigenvalue weighted by molar-refractivity contribution is -0.137. The van der Waals surface area contributed by atoms with E-state index in [9.17, 15) is 18.0 Å². The standard InChI is InChI=1S/C13H11F3O/c1-8-11(5-6-12(8)17)9-3-2-4-10(7-9)13(14,15)16/h2-4,7H,5-6H2,1H3. The Bertz CT molecular complexity index is 498. The maximum Gasteiger partial charge on any atom is 0.416 e. The molecule has 1 aromatic rings. The second-order valence-corrected chi connectivity index (χ2v) is 4.11. The molecule has 0 aromatic heterocycles. The molecule has 1 aliphatic rings. The summed E-state index contributed by atoms with van der Waals surface area (Å²) < 4.78 is 37.6. The van der Waals surface area contributed by atoms with Crippen LogP contribution in [0.1, 0.15) is 30.9 Å². The van der Waals surface area contributed by atoms with E-state index >= 15 is 0 Å². The summed E-state index contributed by atoms with van der Waals surface area (Å²) in [5.41, 5.74) is 1.16. The van der Waals surface area contributed by atoms with E-state index in [0.29, 0.717) is 24.0 Å². The molecule has 0 heterocycles. The molecule has 0 bridgehead atoms. The predicted octanol–water partition coefficient (Wildman–Crippen LogP) is 3.84. The van der Waals surface area contributed by atoms with Crippen LogP contribution in [0, 0.1) is 0 Å². The number of Topliss-reactive ketones (excluding diaryl/α,β-unsaturated/α-hetero) is 1. The monoisotopic (exact) mass is 240 g/mol. The number of allylic oxidation sites excluding steroid dienone is 2. The van der Waals surface area contributed by atoms with E-state index in [1.165, 1.54) is 6.07 Å². The summed E-state index contributed by atoms with van der Waals surface area (Å²) in [4.78, 5) is 11.4. The number of halogens is 3. The second kappa shape index (κ2) is 4.02. The van der Waals surface area contributed by atoms with Gasteiger partial charge in [0.15, 0.2) is 5.78 Å². The molecule has 1 aliphatic carbocycles. The molecule has 4 heteroatoms. The number of rotatable bonds is 1. The molecule has 0 fully saturated rings. The van der Waals surface area contributed by atoms with Crippen molar-refractivity contribution in [1.82, 2.24) is 0 Å². The molecule has 0 saturated carbocycles. The van der Waals surface area contributed by atoms with Crippen molar-refractivity contribution in [2.45, 2.75) is 25.9 Å². The smallest absolute Gasteiger partial charge is 0.295 e. The molecule has 0 radical (unpaired) electrons. The van der Waals surface area contributed by atoms with Gasteiger partial charge in [-0.3, -0.25) is 4.79 Å². The van der Waals surface area contributed by atoms with Crippen LogP contribution in [0.3, 0.4) is 0 Å². The van der Waals surface area contributed by atoms with Crippen molar-refractivity contribution in [1.29, 1.82) is 0 Å². The highest BCUT2D eigenvalue weighted by Crippen LogP contribution is 2.35. The Morgan fingerprint density at radius 2 is 1.88 bits per heavy atom. The van der Waals surface area contributed by atoms with Crippen LogP contribution in [0.5, 0.6) is 0 Å². The highest BCUT2D eigenvalue weighted by atomic mass is 19.4. The summed E-state index contributed by atoms with van der Waals surface area (Å²) in [6.07, 6.45) is -3.41. The molecule has 0 amide bonds. The minimum Gasteiger partial charge on any atom is -0.295 e. The molecule has 0 unspecified atom stereocenters. The van der Waals surface area contributed by atoms with Gasteiger partial charge in [0, 0.05) is 6.42 Å². The van der Waals surface area contributed by atoms with E-state index in [-0.39, 0.29) is 5.78 Å². The average Bonchev–Trinajstić information content (AvgIpc) is 2.59. The van der Waals surface area contributed by atoms with Gasteiger partial charge < -0.3 is 0 Å². The number of carbonyl (C=O) groups is 1. The second-order valence-electron chi connectivity index (χ2n) is 4.11. The maximum atomic E-state index is 12.5. The van der Waals surface area contributed by atoms with Gasteiger partial charge in [-0.25, -0.2) is 0 Å². The van der Waals surface area contributed by atoms with E-state index in [1.54, 1.807) is 13.0 Å². The molecular weight excluding hydrogens is 229 g/mol. The molecule has 0 aliphatic heterocycles. The van der Waals surface area contributed by atoms with Gasteiger partial charge in [-0.15, -0.1) is 0 Å². The van der Waals surface area contributed by atoms with Crippen LogP contribution in [-0.2, 0) is 11.0 Å². The number of hydrogen-bond donors (Lipinski definition) is 0. The zero-order valence-electron chi connectivity index (χ0n) is 9.27. The Morgan fingerprint density at radius 1 is 1.18 bits per heavy atom. The quantitative estimate of drug-likeness (QED) is 0.728. The Morgan fingerprint density at radius 3 is 2.41 bits per heavy atom. The zero-order valence-corrected chi connectivity index (χ0v) is 9.27. The minimum atomic E-state index is -4.34. The van der Waals surface area contributed by atoms with Gasteiger partial charge in [0.2, 0.25) is 0 Å². The third-order valence-corrected chi connectivity index (χ3v) is 3.01. The van der Waals surface area contributed by atoms with Gasteiger partial charge in [0.1, 0.15) is 0 Å². The minimum absolute atomic E-state index is 0.0254. The zero-order chi connectivity index (χ0) is 12.6. The van der Waals surface area contributed by atoms with Gasteiger partial charge in [-0.2, -0.15) is 13.2 Å². The van der Waals surface area contributed by atoms with E-state index in [0.717, 1.165) is 17.7 Å². The number of alkyl halides is 3. The highest BCUT2D eigenvalue weighted by Gasteiger charge is 2.31. The number of benzene rings is 1. The summed E-state index contributed by atoms with van der Waals surface area (Å²) in [6, 6.07) is 5.14. The molecule has 1 nitrogen and oxygen atoms in total. The van der Waals surface area contributed by atoms with E-state index in [1.807, 2.05) is 0 Å². The number of hydrogen-bond acceptors (Lipinski definition) is 1. The van der Waals surface area contributed by atoms with Crippen molar-refractivity contribution < 1.29 is 18.0 Å². The first kappa shape index (κ1) is 11.9. The number of ketones is 1. The molecule has 90 valence electrons. The first-order chi connectivity index (χ1) is 7.89. The van der Waals surface area contributed by atoms with Gasteiger partial charge in [0.05, 0.1) is 5.56 Å². The highest BCUT2D eigenvalue weighted by molar-refractivity contribution is 6.06. The van der Waals surface area contributed by atoms with Crippen LogP contribution >= 0.6 is 0 Å². The van der Waals surface area contributed by atoms with Crippen molar-refractivity contribution in [3.05, 3.63) is 41.0 Å². The molecule has 2 rings (SSSR count). The summed E-state index contributed by atoms with van der Waals surface area (Å²) in [5, 5.41) is 0. The molecule has 0 N–H and O–H groups in total. The number of carbonyl (C=O) groups excluding carboxylic acids is 1. The first-order valence-electron chi connectivity index (χ1n) is 5.30. The van der Waals surface area contributed by atoms with Gasteiger partial charge in [0.25, 0.3) is 0 Å². The molecule has 0 saturated heterocycles. The Balaban J connectivity index is 2.45. The summed E-state index contributed by atoms with van der Waals surface area (Å²) >= 11 is 0. The molecular formula is C13H11F3O. The lowest BCUT2D eigenvalue weighted by Crippen LogP contribution is -2.05. The van der Waals surface area contributed by atoms with Crippen molar-refractivity contribution in [3.8, 4) is 0 Å². The van der Waals surface area contributed by atoms with Crippen molar-refractivity contribution in [2.75, 3.05) is 0 Å². The van der Waals surface area contributed by atoms with Crippen LogP contribution in [0.2, 0.25) is 0 Å². The van der Waals surface area contributed by atoms with E-state index in [4.69, 9.17) is 0 Å². The summed E-state index contributed by atoms with van der Waals surface area (Å²) in [7, 11) is 0. The lowest BCUT2D eigenvalue weighted by Gasteiger charge is -2.09. The fourth-order valence-electron chi connectivity index (χ4n) is 2.03. The van der Waals surface area contributed by atoms with Crippen LogP contribution < -0.4 is 0 Å². The van der Waals surface area contributed by atoms with Crippen LogP contribution in [0.15, 0.2) is 29.8 Å². The largest absolute Gasteiger partial charge is 0.416 e. The fraction of sp³-hybridized carbons (Fsp3) is 0.308. The Kier molecular flexibility index (Phi) is 2.81. The average molecular weight is 240 g/mol. The maximum absolute atomic E-state index is 12.5. The van der Waals surface area contributed by atoms with Gasteiger partial charge in [-0.05, 0) is 42.2 Å². The van der Waals surface area contributed by atoms with E-state index in [2.05, 4.69) is 0 Å².